The molecule has 0 bridgehead atoms. The van der Waals surface area contributed by atoms with Crippen LogP contribution in [0.4, 0.5) is 10.5 Å². The second-order valence-corrected chi connectivity index (χ2v) is 10.6. The fourth-order valence-electron chi connectivity index (χ4n) is 4.25. The predicted octanol–water partition coefficient (Wildman–Crippen LogP) is 4.11. The molecule has 2 amide bonds. The van der Waals surface area contributed by atoms with Crippen LogP contribution >= 0.6 is 23.2 Å². The van der Waals surface area contributed by atoms with Gasteiger partial charge >= 0.3 is 6.09 Å². The van der Waals surface area contributed by atoms with Gasteiger partial charge in [0.2, 0.25) is 5.91 Å². The number of carbonyl (C=O) groups excluding carboxylic acids is 2. The molecule has 2 saturated heterocycles. The molecule has 0 aromatic heterocycles. The highest BCUT2D eigenvalue weighted by Gasteiger charge is 2.28. The van der Waals surface area contributed by atoms with Gasteiger partial charge in [-0.2, -0.15) is 0 Å². The van der Waals surface area contributed by atoms with E-state index in [1.165, 1.54) is 5.56 Å². The third-order valence-electron chi connectivity index (χ3n) is 5.90. The van der Waals surface area contributed by atoms with Crippen LogP contribution in [0.1, 0.15) is 45.6 Å². The molecule has 0 saturated carbocycles. The Hall–Kier alpha value is -1.70. The first-order valence-electron chi connectivity index (χ1n) is 11.7. The average molecular weight is 499 g/mol. The minimum absolute atomic E-state index is 0.0664. The highest BCUT2D eigenvalue weighted by Crippen LogP contribution is 2.29. The lowest BCUT2D eigenvalue weighted by Gasteiger charge is -2.36. The van der Waals surface area contributed by atoms with E-state index in [4.69, 9.17) is 27.9 Å². The molecule has 1 unspecified atom stereocenters. The lowest BCUT2D eigenvalue weighted by atomic mass is 10.1. The van der Waals surface area contributed by atoms with Gasteiger partial charge in [-0.15, -0.1) is 11.6 Å². The fourth-order valence-corrected chi connectivity index (χ4v) is 4.55. The third kappa shape index (κ3) is 7.94. The molecule has 1 aromatic carbocycles. The van der Waals surface area contributed by atoms with E-state index in [-0.39, 0.29) is 18.0 Å². The van der Waals surface area contributed by atoms with Crippen molar-refractivity contribution in [3.05, 3.63) is 28.8 Å². The van der Waals surface area contributed by atoms with E-state index < -0.39 is 5.60 Å². The summed E-state index contributed by atoms with van der Waals surface area (Å²) in [6, 6.07) is 6.17. The summed E-state index contributed by atoms with van der Waals surface area (Å²) >= 11 is 12.0. The number of ether oxygens (including phenoxy) is 1. The van der Waals surface area contributed by atoms with Crippen molar-refractivity contribution in [3.8, 4) is 0 Å². The first kappa shape index (κ1) is 25.9. The number of halogens is 2. The molecule has 2 aliphatic rings. The van der Waals surface area contributed by atoms with Crippen molar-refractivity contribution in [2.75, 3.05) is 50.0 Å². The van der Waals surface area contributed by atoms with E-state index in [0.717, 1.165) is 44.8 Å². The summed E-state index contributed by atoms with van der Waals surface area (Å²) in [4.78, 5) is 30.9. The molecular weight excluding hydrogens is 463 g/mol. The minimum Gasteiger partial charge on any atom is -0.444 e. The van der Waals surface area contributed by atoms with Gasteiger partial charge in [0.25, 0.3) is 0 Å². The van der Waals surface area contributed by atoms with Crippen LogP contribution in [0.5, 0.6) is 0 Å². The van der Waals surface area contributed by atoms with Crippen LogP contribution in [0.3, 0.4) is 0 Å². The van der Waals surface area contributed by atoms with Crippen molar-refractivity contribution >= 4 is 40.9 Å². The van der Waals surface area contributed by atoms with Crippen LogP contribution < -0.4 is 10.2 Å². The second-order valence-electron chi connectivity index (χ2n) is 9.81. The molecule has 0 spiro atoms. The predicted molar refractivity (Wildman–Crippen MR) is 133 cm³/mol. The number of rotatable bonds is 7. The molecule has 0 aliphatic carbocycles. The van der Waals surface area contributed by atoms with E-state index in [2.05, 4.69) is 21.2 Å². The van der Waals surface area contributed by atoms with Gasteiger partial charge in [0.1, 0.15) is 5.60 Å². The Balaban J connectivity index is 1.57. The molecular formula is C24H36Cl2N4O3. The number of piperazine rings is 1. The molecule has 1 N–H and O–H groups in total. The maximum Gasteiger partial charge on any atom is 0.410 e. The van der Waals surface area contributed by atoms with Crippen LogP contribution in [0.25, 0.3) is 0 Å². The monoisotopic (exact) mass is 498 g/mol. The molecule has 2 heterocycles. The van der Waals surface area contributed by atoms with Crippen molar-refractivity contribution in [2.24, 2.45) is 0 Å². The number of nitrogens with one attached hydrogen (secondary N) is 1. The first-order chi connectivity index (χ1) is 15.6. The van der Waals surface area contributed by atoms with Crippen molar-refractivity contribution in [3.63, 3.8) is 0 Å². The highest BCUT2D eigenvalue weighted by atomic mass is 35.5. The lowest BCUT2D eigenvalue weighted by Crippen LogP contribution is -2.49. The van der Waals surface area contributed by atoms with Gasteiger partial charge in [-0.3, -0.25) is 9.69 Å². The molecule has 3 rings (SSSR count). The van der Waals surface area contributed by atoms with Gasteiger partial charge in [0.05, 0.1) is 0 Å². The van der Waals surface area contributed by atoms with Gasteiger partial charge in [-0.05, 0) is 51.3 Å². The summed E-state index contributed by atoms with van der Waals surface area (Å²) in [5, 5.41) is 3.83. The summed E-state index contributed by atoms with van der Waals surface area (Å²) in [6.07, 6.45) is 1.83. The van der Waals surface area contributed by atoms with Gasteiger partial charge < -0.3 is 19.9 Å². The van der Waals surface area contributed by atoms with Gasteiger partial charge in [-0.1, -0.05) is 17.7 Å². The summed E-state index contributed by atoms with van der Waals surface area (Å²) < 4.78 is 5.50. The number of carbonyl (C=O) groups is 2. The van der Waals surface area contributed by atoms with Crippen molar-refractivity contribution < 1.29 is 14.3 Å². The van der Waals surface area contributed by atoms with Crippen LogP contribution in [0.2, 0.25) is 5.02 Å². The summed E-state index contributed by atoms with van der Waals surface area (Å²) in [7, 11) is 0. The maximum atomic E-state index is 12.3. The molecule has 1 aromatic rings. The number of benzene rings is 1. The SMILES string of the molecule is CC(C)(C)OC(=O)N1CCN(Cc2ccc(Cl)cc2N2CCC(NC(=O)CCCCl)C2)CC1. The second kappa shape index (κ2) is 11.6. The summed E-state index contributed by atoms with van der Waals surface area (Å²) in [6.45, 7) is 11.0. The maximum absolute atomic E-state index is 12.3. The minimum atomic E-state index is -0.483. The molecule has 2 aliphatic heterocycles. The molecule has 184 valence electrons. The van der Waals surface area contributed by atoms with E-state index in [0.29, 0.717) is 36.8 Å². The number of anilines is 1. The summed E-state index contributed by atoms with van der Waals surface area (Å²) in [5.74, 6) is 0.568. The smallest absolute Gasteiger partial charge is 0.410 e. The van der Waals surface area contributed by atoms with Gasteiger partial charge in [0.15, 0.2) is 0 Å². The zero-order valence-electron chi connectivity index (χ0n) is 19.9. The van der Waals surface area contributed by atoms with Crippen LogP contribution in [-0.4, -0.2) is 78.6 Å². The standard InChI is InChI=1S/C24H36Cl2N4O3/c1-24(2,3)33-23(32)29-13-11-28(12-14-29)16-18-6-7-19(26)15-21(18)30-10-8-20(17-30)27-22(31)5-4-9-25/h6-7,15,20H,4-5,8-14,16-17H2,1-3H3,(H,27,31). The van der Waals surface area contributed by atoms with Crippen molar-refractivity contribution in [1.82, 2.24) is 15.1 Å². The molecule has 33 heavy (non-hydrogen) atoms. The molecule has 1 atom stereocenters. The average Bonchev–Trinajstić information content (AvgIpc) is 3.21. The van der Waals surface area contributed by atoms with Crippen molar-refractivity contribution in [2.45, 2.75) is 58.2 Å². The number of alkyl halides is 1. The molecule has 7 nitrogen and oxygen atoms in total. The summed E-state index contributed by atoms with van der Waals surface area (Å²) in [5.41, 5.74) is 1.85. The van der Waals surface area contributed by atoms with Crippen LogP contribution in [0, 0.1) is 0 Å². The highest BCUT2D eigenvalue weighted by molar-refractivity contribution is 6.30. The number of hydrogen-bond acceptors (Lipinski definition) is 5. The topological polar surface area (TPSA) is 65.1 Å². The number of hydrogen-bond donors (Lipinski definition) is 1. The first-order valence-corrected chi connectivity index (χ1v) is 12.6. The van der Waals surface area contributed by atoms with E-state index in [9.17, 15) is 9.59 Å². The molecule has 0 radical (unpaired) electrons. The number of amides is 2. The Morgan fingerprint density at radius 2 is 1.88 bits per heavy atom. The Labute approximate surface area is 207 Å². The van der Waals surface area contributed by atoms with E-state index >= 15 is 0 Å². The van der Waals surface area contributed by atoms with Crippen LogP contribution in [-0.2, 0) is 16.1 Å². The van der Waals surface area contributed by atoms with Crippen LogP contribution in [0.15, 0.2) is 18.2 Å². The van der Waals surface area contributed by atoms with Gasteiger partial charge in [-0.25, -0.2) is 4.79 Å². The quantitative estimate of drug-likeness (QED) is 0.573. The largest absolute Gasteiger partial charge is 0.444 e. The van der Waals surface area contributed by atoms with E-state index in [1.54, 1.807) is 4.90 Å². The normalized spacial score (nSPS) is 19.6. The fraction of sp³-hybridized carbons (Fsp3) is 0.667. The Morgan fingerprint density at radius 1 is 1.15 bits per heavy atom. The Morgan fingerprint density at radius 3 is 2.55 bits per heavy atom. The number of nitrogens with zero attached hydrogens (tertiary/aromatic N) is 3. The zero-order valence-corrected chi connectivity index (χ0v) is 21.4. The molecule has 9 heteroatoms. The van der Waals surface area contributed by atoms with Gasteiger partial charge in [0, 0.05) is 74.9 Å². The zero-order chi connectivity index (χ0) is 24.0. The lowest BCUT2D eigenvalue weighted by molar-refractivity contribution is -0.121. The Kier molecular flexibility index (Phi) is 9.13. The van der Waals surface area contributed by atoms with Crippen molar-refractivity contribution in [1.29, 1.82) is 0 Å². The third-order valence-corrected chi connectivity index (χ3v) is 6.40. The molecule has 2 fully saturated rings. The van der Waals surface area contributed by atoms with E-state index in [1.807, 2.05) is 32.9 Å². The Bertz CT molecular complexity index is 822.